The summed E-state index contributed by atoms with van der Waals surface area (Å²) in [6, 6.07) is 7.61. The molecule has 0 spiro atoms. The van der Waals surface area contributed by atoms with Crippen LogP contribution in [0.5, 0.6) is 0 Å². The van der Waals surface area contributed by atoms with Gasteiger partial charge in [-0.25, -0.2) is 4.98 Å². The maximum Gasteiger partial charge on any atom is 0.216 e. The predicted octanol–water partition coefficient (Wildman–Crippen LogP) is 4.32. The topological polar surface area (TPSA) is 59.5 Å². The van der Waals surface area contributed by atoms with Crippen molar-refractivity contribution in [3.05, 3.63) is 29.3 Å². The molecule has 1 aromatic carbocycles. The molecule has 1 saturated heterocycles. The first kappa shape index (κ1) is 15.7. The Bertz CT molecular complexity index is 902. The molecular formula is C17H20ClN5S. The van der Waals surface area contributed by atoms with E-state index in [4.69, 9.17) is 22.4 Å². The molecule has 2 N–H and O–H groups in total. The fourth-order valence-electron chi connectivity index (χ4n) is 3.21. The van der Waals surface area contributed by atoms with E-state index in [1.165, 1.54) is 12.8 Å². The van der Waals surface area contributed by atoms with Crippen LogP contribution in [0.2, 0.25) is 5.02 Å². The van der Waals surface area contributed by atoms with E-state index in [1.807, 2.05) is 24.3 Å². The molecule has 5 nitrogen and oxygen atoms in total. The maximum atomic E-state index is 6.30. The average Bonchev–Trinajstić information content (AvgIpc) is 3.24. The molecule has 0 saturated carbocycles. The van der Waals surface area contributed by atoms with Crippen molar-refractivity contribution in [2.24, 2.45) is 5.41 Å². The SMILES string of the molecule is CCC1(C)CCN(c2nn3c(N)c(-c4ccccc4Cl)nc3s2)C1. The smallest absolute Gasteiger partial charge is 0.216 e. The van der Waals surface area contributed by atoms with Crippen LogP contribution in [0.3, 0.4) is 0 Å². The first-order valence-corrected chi connectivity index (χ1v) is 9.35. The quantitative estimate of drug-likeness (QED) is 0.754. The van der Waals surface area contributed by atoms with Crippen molar-refractivity contribution >= 4 is 38.8 Å². The van der Waals surface area contributed by atoms with Gasteiger partial charge in [-0.1, -0.05) is 55.0 Å². The van der Waals surface area contributed by atoms with Crippen LogP contribution in [0.1, 0.15) is 26.7 Å². The molecule has 7 heteroatoms. The Morgan fingerprint density at radius 3 is 2.83 bits per heavy atom. The lowest BCUT2D eigenvalue weighted by atomic mass is 9.87. The van der Waals surface area contributed by atoms with E-state index in [9.17, 15) is 0 Å². The number of imidazole rings is 1. The minimum atomic E-state index is 0.377. The molecule has 1 aliphatic rings. The second-order valence-corrected chi connectivity index (χ2v) is 8.08. The van der Waals surface area contributed by atoms with E-state index < -0.39 is 0 Å². The molecule has 0 radical (unpaired) electrons. The second-order valence-electron chi connectivity index (χ2n) is 6.74. The summed E-state index contributed by atoms with van der Waals surface area (Å²) in [5.74, 6) is 0.540. The summed E-state index contributed by atoms with van der Waals surface area (Å²) < 4.78 is 1.74. The van der Waals surface area contributed by atoms with Crippen LogP contribution in [0.25, 0.3) is 16.2 Å². The van der Waals surface area contributed by atoms with Gasteiger partial charge in [-0.15, -0.1) is 5.10 Å². The third-order valence-electron chi connectivity index (χ3n) is 5.04. The molecule has 2 aromatic heterocycles. The summed E-state index contributed by atoms with van der Waals surface area (Å²) in [5.41, 5.74) is 8.22. The molecule has 3 heterocycles. The molecule has 1 atom stereocenters. The van der Waals surface area contributed by atoms with Crippen molar-refractivity contribution in [2.45, 2.75) is 26.7 Å². The monoisotopic (exact) mass is 361 g/mol. The van der Waals surface area contributed by atoms with Crippen LogP contribution < -0.4 is 10.6 Å². The van der Waals surface area contributed by atoms with Crippen molar-refractivity contribution in [2.75, 3.05) is 23.7 Å². The average molecular weight is 362 g/mol. The second kappa shape index (κ2) is 5.63. The number of hydrogen-bond donors (Lipinski definition) is 1. The molecule has 3 aromatic rings. The molecule has 0 amide bonds. The molecule has 4 rings (SSSR count). The molecule has 1 aliphatic heterocycles. The summed E-state index contributed by atoms with van der Waals surface area (Å²) in [6.07, 6.45) is 2.39. The van der Waals surface area contributed by atoms with Crippen molar-refractivity contribution in [3.63, 3.8) is 0 Å². The zero-order valence-electron chi connectivity index (χ0n) is 13.8. The van der Waals surface area contributed by atoms with Gasteiger partial charge in [0.2, 0.25) is 10.1 Å². The minimum Gasteiger partial charge on any atom is -0.382 e. The van der Waals surface area contributed by atoms with Crippen molar-refractivity contribution < 1.29 is 0 Å². The van der Waals surface area contributed by atoms with Crippen LogP contribution in [0.15, 0.2) is 24.3 Å². The van der Waals surface area contributed by atoms with Crippen LogP contribution in [0.4, 0.5) is 10.9 Å². The number of hydrogen-bond acceptors (Lipinski definition) is 5. The summed E-state index contributed by atoms with van der Waals surface area (Å²) in [7, 11) is 0. The zero-order valence-corrected chi connectivity index (χ0v) is 15.4. The van der Waals surface area contributed by atoms with Gasteiger partial charge in [-0.2, -0.15) is 4.52 Å². The van der Waals surface area contributed by atoms with Gasteiger partial charge in [-0.05, 0) is 24.3 Å². The third-order valence-corrected chi connectivity index (χ3v) is 6.34. The van der Waals surface area contributed by atoms with E-state index >= 15 is 0 Å². The highest BCUT2D eigenvalue weighted by atomic mass is 35.5. The van der Waals surface area contributed by atoms with Crippen LogP contribution >= 0.6 is 22.9 Å². The predicted molar refractivity (Wildman–Crippen MR) is 101 cm³/mol. The first-order valence-electron chi connectivity index (χ1n) is 8.16. The van der Waals surface area contributed by atoms with Crippen LogP contribution in [-0.4, -0.2) is 27.7 Å². The highest BCUT2D eigenvalue weighted by Crippen LogP contribution is 2.39. The number of rotatable bonds is 3. The number of fused-ring (bicyclic) bond motifs is 1. The van der Waals surface area contributed by atoms with E-state index in [1.54, 1.807) is 15.9 Å². The summed E-state index contributed by atoms with van der Waals surface area (Å²) in [4.78, 5) is 7.83. The van der Waals surface area contributed by atoms with Gasteiger partial charge in [0.15, 0.2) is 5.82 Å². The van der Waals surface area contributed by atoms with Gasteiger partial charge >= 0.3 is 0 Å². The lowest BCUT2D eigenvalue weighted by Gasteiger charge is -2.21. The van der Waals surface area contributed by atoms with Gasteiger partial charge in [-0.3, -0.25) is 0 Å². The number of nitrogens with zero attached hydrogens (tertiary/aromatic N) is 4. The third kappa shape index (κ3) is 2.45. The standard InChI is InChI=1S/C17H20ClN5S/c1-3-17(2)8-9-22(10-17)16-21-23-14(19)13(20-15(23)24-16)11-6-4-5-7-12(11)18/h4-7H,3,8-10,19H2,1-2H3. The highest BCUT2D eigenvalue weighted by Gasteiger charge is 2.34. The Morgan fingerprint density at radius 2 is 2.17 bits per heavy atom. The Morgan fingerprint density at radius 1 is 1.38 bits per heavy atom. The van der Waals surface area contributed by atoms with Crippen molar-refractivity contribution in [3.8, 4) is 11.3 Å². The lowest BCUT2D eigenvalue weighted by molar-refractivity contribution is 0.355. The Balaban J connectivity index is 1.71. The summed E-state index contributed by atoms with van der Waals surface area (Å²) in [6.45, 7) is 6.68. The Kier molecular flexibility index (Phi) is 3.69. The number of aromatic nitrogens is 3. The molecule has 24 heavy (non-hydrogen) atoms. The van der Waals surface area contributed by atoms with Gasteiger partial charge in [0.05, 0.1) is 5.02 Å². The van der Waals surface area contributed by atoms with Gasteiger partial charge in [0, 0.05) is 18.7 Å². The fraction of sp³-hybridized carbons (Fsp3) is 0.412. The molecule has 0 bridgehead atoms. The zero-order chi connectivity index (χ0) is 16.9. The maximum absolute atomic E-state index is 6.30. The van der Waals surface area contributed by atoms with E-state index in [-0.39, 0.29) is 0 Å². The Hall–Kier alpha value is -1.79. The van der Waals surface area contributed by atoms with Crippen LogP contribution in [-0.2, 0) is 0 Å². The molecule has 126 valence electrons. The summed E-state index contributed by atoms with van der Waals surface area (Å²) >= 11 is 7.86. The Labute approximate surface area is 150 Å². The fourth-order valence-corrected chi connectivity index (χ4v) is 4.37. The van der Waals surface area contributed by atoms with Gasteiger partial charge in [0.1, 0.15) is 5.69 Å². The molecule has 0 aliphatic carbocycles. The van der Waals surface area contributed by atoms with Crippen molar-refractivity contribution in [1.29, 1.82) is 0 Å². The molecule has 1 fully saturated rings. The number of anilines is 2. The normalized spacial score (nSPS) is 21.0. The van der Waals surface area contributed by atoms with E-state index in [2.05, 4.69) is 23.7 Å². The van der Waals surface area contributed by atoms with Gasteiger partial charge in [0.25, 0.3) is 0 Å². The first-order chi connectivity index (χ1) is 11.5. The van der Waals surface area contributed by atoms with Gasteiger partial charge < -0.3 is 10.6 Å². The van der Waals surface area contributed by atoms with Crippen LogP contribution in [0, 0.1) is 5.41 Å². The van der Waals surface area contributed by atoms with E-state index in [0.29, 0.717) is 21.9 Å². The highest BCUT2D eigenvalue weighted by molar-refractivity contribution is 7.20. The van der Waals surface area contributed by atoms with E-state index in [0.717, 1.165) is 28.7 Å². The minimum absolute atomic E-state index is 0.377. The molecular weight excluding hydrogens is 342 g/mol. The molecule has 1 unspecified atom stereocenters. The largest absolute Gasteiger partial charge is 0.382 e. The summed E-state index contributed by atoms with van der Waals surface area (Å²) in [5, 5.41) is 6.34. The number of nitrogen functional groups attached to an aromatic ring is 1. The lowest BCUT2D eigenvalue weighted by Crippen LogP contribution is -2.24. The number of benzene rings is 1. The number of nitrogens with two attached hydrogens (primary N) is 1. The number of halogens is 1. The van der Waals surface area contributed by atoms with Crippen molar-refractivity contribution in [1.82, 2.24) is 14.6 Å².